The molecule has 26 heavy (non-hydrogen) atoms. The van der Waals surface area contributed by atoms with Crippen LogP contribution in [-0.2, 0) is 6.54 Å². The molecule has 1 aromatic heterocycles. The number of hydrogen-bond acceptors (Lipinski definition) is 5. The molecule has 0 fully saturated rings. The standard InChI is InChI=1S/C21H21N5/c1-3-26(15-18-7-5-4-6-8-18)21-23-16(2)13-20(25-21)24-19-11-9-17(14-22)10-12-19/h4-13H,3,15H2,1-2H3,(H,23,24,25). The van der Waals surface area contributed by atoms with E-state index in [2.05, 4.69) is 45.3 Å². The maximum Gasteiger partial charge on any atom is 0.227 e. The van der Waals surface area contributed by atoms with Gasteiger partial charge < -0.3 is 10.2 Å². The Labute approximate surface area is 154 Å². The van der Waals surface area contributed by atoms with Gasteiger partial charge in [-0.25, -0.2) is 4.98 Å². The fourth-order valence-corrected chi connectivity index (χ4v) is 2.66. The largest absolute Gasteiger partial charge is 0.340 e. The van der Waals surface area contributed by atoms with Crippen LogP contribution in [0.15, 0.2) is 60.7 Å². The van der Waals surface area contributed by atoms with E-state index in [9.17, 15) is 0 Å². The van der Waals surface area contributed by atoms with E-state index in [0.29, 0.717) is 11.5 Å². The van der Waals surface area contributed by atoms with Gasteiger partial charge in [-0.15, -0.1) is 0 Å². The number of nitrogens with one attached hydrogen (secondary N) is 1. The van der Waals surface area contributed by atoms with Gasteiger partial charge in [-0.05, 0) is 43.7 Å². The van der Waals surface area contributed by atoms with Gasteiger partial charge in [0.05, 0.1) is 11.6 Å². The van der Waals surface area contributed by atoms with Crippen LogP contribution in [0.1, 0.15) is 23.7 Å². The molecule has 0 aliphatic rings. The van der Waals surface area contributed by atoms with E-state index in [4.69, 9.17) is 5.26 Å². The van der Waals surface area contributed by atoms with Crippen molar-refractivity contribution < 1.29 is 0 Å². The van der Waals surface area contributed by atoms with Crippen molar-refractivity contribution in [2.75, 3.05) is 16.8 Å². The first-order valence-electron chi connectivity index (χ1n) is 8.59. The summed E-state index contributed by atoms with van der Waals surface area (Å²) in [5.41, 5.74) is 3.65. The van der Waals surface area contributed by atoms with Gasteiger partial charge in [0.1, 0.15) is 5.82 Å². The van der Waals surface area contributed by atoms with E-state index in [1.807, 2.05) is 43.3 Å². The van der Waals surface area contributed by atoms with Gasteiger partial charge in [0.25, 0.3) is 0 Å². The van der Waals surface area contributed by atoms with Crippen molar-refractivity contribution in [3.05, 3.63) is 77.5 Å². The Kier molecular flexibility index (Phi) is 5.45. The highest BCUT2D eigenvalue weighted by atomic mass is 15.3. The van der Waals surface area contributed by atoms with Gasteiger partial charge in [0.2, 0.25) is 5.95 Å². The number of anilines is 3. The quantitative estimate of drug-likeness (QED) is 0.717. The molecule has 0 spiro atoms. The van der Waals surface area contributed by atoms with Crippen LogP contribution in [-0.4, -0.2) is 16.5 Å². The van der Waals surface area contributed by atoms with Gasteiger partial charge >= 0.3 is 0 Å². The summed E-state index contributed by atoms with van der Waals surface area (Å²) in [4.78, 5) is 11.4. The Morgan fingerprint density at radius 1 is 1.04 bits per heavy atom. The zero-order valence-electron chi connectivity index (χ0n) is 15.0. The van der Waals surface area contributed by atoms with Gasteiger partial charge in [0.15, 0.2) is 0 Å². The fraction of sp³-hybridized carbons (Fsp3) is 0.190. The molecule has 0 amide bonds. The maximum absolute atomic E-state index is 8.90. The van der Waals surface area contributed by atoms with Crippen molar-refractivity contribution in [3.8, 4) is 6.07 Å². The lowest BCUT2D eigenvalue weighted by molar-refractivity contribution is 0.788. The molecule has 5 nitrogen and oxygen atoms in total. The van der Waals surface area contributed by atoms with Crippen molar-refractivity contribution >= 4 is 17.5 Å². The highest BCUT2D eigenvalue weighted by molar-refractivity contribution is 5.58. The predicted molar refractivity (Wildman–Crippen MR) is 104 cm³/mol. The lowest BCUT2D eigenvalue weighted by Crippen LogP contribution is -2.24. The number of nitrogens with zero attached hydrogens (tertiary/aromatic N) is 4. The second kappa shape index (κ2) is 8.13. The van der Waals surface area contributed by atoms with E-state index in [-0.39, 0.29) is 0 Å². The molecule has 0 saturated carbocycles. The SMILES string of the molecule is CCN(Cc1ccccc1)c1nc(C)cc(Nc2ccc(C#N)cc2)n1. The monoisotopic (exact) mass is 343 g/mol. The summed E-state index contributed by atoms with van der Waals surface area (Å²) < 4.78 is 0. The first-order valence-corrected chi connectivity index (χ1v) is 8.59. The number of aryl methyl sites for hydroxylation is 1. The third-order valence-corrected chi connectivity index (χ3v) is 4.01. The predicted octanol–water partition coefficient (Wildman–Crippen LogP) is 4.43. The highest BCUT2D eigenvalue weighted by Gasteiger charge is 2.11. The molecule has 0 atom stereocenters. The van der Waals surface area contributed by atoms with Gasteiger partial charge in [-0.3, -0.25) is 0 Å². The summed E-state index contributed by atoms with van der Waals surface area (Å²) in [6.45, 7) is 5.64. The average Bonchev–Trinajstić information content (AvgIpc) is 2.67. The molecule has 130 valence electrons. The molecule has 3 rings (SSSR count). The third-order valence-electron chi connectivity index (χ3n) is 4.01. The molecule has 1 N–H and O–H groups in total. The maximum atomic E-state index is 8.90. The molecule has 0 bridgehead atoms. The topological polar surface area (TPSA) is 64.8 Å². The van der Waals surface area contributed by atoms with Crippen LogP contribution < -0.4 is 10.2 Å². The molecule has 5 heteroatoms. The van der Waals surface area contributed by atoms with Crippen LogP contribution >= 0.6 is 0 Å². The smallest absolute Gasteiger partial charge is 0.227 e. The highest BCUT2D eigenvalue weighted by Crippen LogP contribution is 2.20. The number of nitriles is 1. The molecular formula is C21H21N5. The summed E-state index contributed by atoms with van der Waals surface area (Å²) in [5, 5.41) is 12.2. The first-order chi connectivity index (χ1) is 12.7. The average molecular weight is 343 g/mol. The normalized spacial score (nSPS) is 10.2. The van der Waals surface area contributed by atoms with Gasteiger partial charge in [-0.1, -0.05) is 30.3 Å². The van der Waals surface area contributed by atoms with E-state index < -0.39 is 0 Å². The Morgan fingerprint density at radius 2 is 1.77 bits per heavy atom. The minimum Gasteiger partial charge on any atom is -0.340 e. The van der Waals surface area contributed by atoms with Crippen molar-refractivity contribution in [3.63, 3.8) is 0 Å². The van der Waals surface area contributed by atoms with Crippen molar-refractivity contribution in [2.45, 2.75) is 20.4 Å². The number of hydrogen-bond donors (Lipinski definition) is 1. The number of benzene rings is 2. The Bertz CT molecular complexity index is 898. The lowest BCUT2D eigenvalue weighted by atomic mass is 10.2. The zero-order valence-corrected chi connectivity index (χ0v) is 15.0. The molecular weight excluding hydrogens is 322 g/mol. The van der Waals surface area contributed by atoms with Crippen LogP contribution in [0.5, 0.6) is 0 Å². The fourth-order valence-electron chi connectivity index (χ4n) is 2.66. The molecule has 0 aliphatic carbocycles. The van der Waals surface area contributed by atoms with Crippen LogP contribution in [0.3, 0.4) is 0 Å². The molecule has 1 heterocycles. The van der Waals surface area contributed by atoms with Crippen molar-refractivity contribution in [1.82, 2.24) is 9.97 Å². The lowest BCUT2D eigenvalue weighted by Gasteiger charge is -2.22. The summed E-state index contributed by atoms with van der Waals surface area (Å²) >= 11 is 0. The molecule has 0 radical (unpaired) electrons. The number of rotatable bonds is 6. The Balaban J connectivity index is 1.82. The zero-order chi connectivity index (χ0) is 18.4. The van der Waals surface area contributed by atoms with Crippen LogP contribution in [0.2, 0.25) is 0 Å². The Morgan fingerprint density at radius 3 is 2.42 bits per heavy atom. The van der Waals surface area contributed by atoms with Crippen LogP contribution in [0.4, 0.5) is 17.5 Å². The minimum absolute atomic E-state index is 0.634. The van der Waals surface area contributed by atoms with Gasteiger partial charge in [0, 0.05) is 30.5 Å². The van der Waals surface area contributed by atoms with E-state index in [1.54, 1.807) is 12.1 Å². The molecule has 0 aliphatic heterocycles. The van der Waals surface area contributed by atoms with E-state index >= 15 is 0 Å². The molecule has 0 unspecified atom stereocenters. The van der Waals surface area contributed by atoms with Crippen LogP contribution in [0, 0.1) is 18.3 Å². The van der Waals surface area contributed by atoms with Crippen molar-refractivity contribution in [1.29, 1.82) is 5.26 Å². The molecule has 2 aromatic carbocycles. The van der Waals surface area contributed by atoms with Crippen LogP contribution in [0.25, 0.3) is 0 Å². The molecule has 0 saturated heterocycles. The second-order valence-corrected chi connectivity index (χ2v) is 6.01. The second-order valence-electron chi connectivity index (χ2n) is 6.01. The minimum atomic E-state index is 0.634. The first kappa shape index (κ1) is 17.4. The molecule has 3 aromatic rings. The summed E-state index contributed by atoms with van der Waals surface area (Å²) in [7, 11) is 0. The third kappa shape index (κ3) is 4.37. The summed E-state index contributed by atoms with van der Waals surface area (Å²) in [6.07, 6.45) is 0. The summed E-state index contributed by atoms with van der Waals surface area (Å²) in [5.74, 6) is 1.44. The number of aromatic nitrogens is 2. The van der Waals surface area contributed by atoms with E-state index in [1.165, 1.54) is 5.56 Å². The van der Waals surface area contributed by atoms with Gasteiger partial charge in [-0.2, -0.15) is 10.2 Å². The Hall–Kier alpha value is -3.39. The summed E-state index contributed by atoms with van der Waals surface area (Å²) in [6, 6.07) is 21.7. The van der Waals surface area contributed by atoms with E-state index in [0.717, 1.165) is 30.3 Å². The van der Waals surface area contributed by atoms with Crippen molar-refractivity contribution in [2.24, 2.45) is 0 Å².